The van der Waals surface area contributed by atoms with Crippen LogP contribution in [0, 0.1) is 17.3 Å². The lowest BCUT2D eigenvalue weighted by Crippen LogP contribution is -2.34. The summed E-state index contributed by atoms with van der Waals surface area (Å²) in [5.41, 5.74) is 8.17. The van der Waals surface area contributed by atoms with Gasteiger partial charge in [0.1, 0.15) is 5.75 Å². The van der Waals surface area contributed by atoms with Crippen molar-refractivity contribution in [1.29, 1.82) is 0 Å². The number of hydrogen-bond acceptors (Lipinski definition) is 3. The highest BCUT2D eigenvalue weighted by molar-refractivity contribution is 5.63. The van der Waals surface area contributed by atoms with Crippen LogP contribution >= 0.6 is 0 Å². The van der Waals surface area contributed by atoms with E-state index in [-0.39, 0.29) is 10.8 Å². The molecule has 0 radical (unpaired) electrons. The minimum atomic E-state index is -0.148. The number of nitrogens with one attached hydrogen (secondary N) is 1. The summed E-state index contributed by atoms with van der Waals surface area (Å²) >= 11 is 0. The van der Waals surface area contributed by atoms with Crippen molar-refractivity contribution in [2.24, 2.45) is 17.3 Å². The van der Waals surface area contributed by atoms with E-state index in [0.717, 1.165) is 41.9 Å². The second-order valence-electron chi connectivity index (χ2n) is 17.1. The Morgan fingerprint density at radius 1 is 0.682 bits per heavy atom. The van der Waals surface area contributed by atoms with Gasteiger partial charge in [-0.3, -0.25) is 0 Å². The van der Waals surface area contributed by atoms with Crippen LogP contribution in [0.25, 0.3) is 0 Å². The van der Waals surface area contributed by atoms with Crippen LogP contribution in [0.4, 0.5) is 17.1 Å². The molecule has 0 amide bonds. The normalized spacial score (nSPS) is 14.0. The van der Waals surface area contributed by atoms with Crippen LogP contribution in [-0.2, 0) is 23.8 Å². The van der Waals surface area contributed by atoms with Crippen LogP contribution in [0.2, 0.25) is 0 Å². The molecule has 3 nitrogen and oxygen atoms in total. The third-order valence-corrected chi connectivity index (χ3v) is 8.47. The maximum Gasteiger partial charge on any atom is 0.123 e. The Kier molecular flexibility index (Phi) is 11.3. The molecular formula is C41H62N2O. The van der Waals surface area contributed by atoms with Crippen molar-refractivity contribution in [2.75, 3.05) is 10.2 Å². The van der Waals surface area contributed by atoms with E-state index < -0.39 is 0 Å². The highest BCUT2D eigenvalue weighted by Gasteiger charge is 2.27. The van der Waals surface area contributed by atoms with Gasteiger partial charge in [-0.2, -0.15) is 0 Å². The summed E-state index contributed by atoms with van der Waals surface area (Å²) in [6, 6.07) is 22.6. The van der Waals surface area contributed by atoms with Gasteiger partial charge < -0.3 is 15.3 Å². The second-order valence-corrected chi connectivity index (χ2v) is 17.1. The van der Waals surface area contributed by atoms with Crippen molar-refractivity contribution in [2.45, 2.75) is 133 Å². The summed E-state index contributed by atoms with van der Waals surface area (Å²) < 4.78 is 0. The SMILES string of the molecule is CC(C)CC(C)N(Cc1cc(C(C)(C)C)c(O)c(C(C)(C)C)c1)c1ccc(Nc2ccc(CC(C)CC(C)(C)C)cc2)cc1. The quantitative estimate of drug-likeness (QED) is 0.230. The monoisotopic (exact) mass is 598 g/mol. The van der Waals surface area contributed by atoms with Gasteiger partial charge in [0.05, 0.1) is 0 Å². The number of hydrogen-bond donors (Lipinski definition) is 2. The minimum Gasteiger partial charge on any atom is -0.507 e. The van der Waals surface area contributed by atoms with Crippen molar-refractivity contribution < 1.29 is 5.11 Å². The number of rotatable bonds is 11. The van der Waals surface area contributed by atoms with E-state index in [9.17, 15) is 5.11 Å². The van der Waals surface area contributed by atoms with Crippen LogP contribution in [0.5, 0.6) is 5.75 Å². The van der Waals surface area contributed by atoms with Crippen molar-refractivity contribution in [3.63, 3.8) is 0 Å². The van der Waals surface area contributed by atoms with Crippen LogP contribution in [0.3, 0.4) is 0 Å². The van der Waals surface area contributed by atoms with E-state index in [1.54, 1.807) is 0 Å². The fraction of sp³-hybridized carbons (Fsp3) is 0.561. The molecule has 3 rings (SSSR count). The first-order chi connectivity index (χ1) is 20.2. The molecule has 2 N–H and O–H groups in total. The number of benzene rings is 3. The van der Waals surface area contributed by atoms with E-state index in [1.807, 2.05) is 0 Å². The summed E-state index contributed by atoms with van der Waals surface area (Å²) in [7, 11) is 0. The summed E-state index contributed by atoms with van der Waals surface area (Å²) in [5, 5.41) is 14.9. The first-order valence-corrected chi connectivity index (χ1v) is 16.8. The van der Waals surface area contributed by atoms with Gasteiger partial charge in [-0.15, -0.1) is 0 Å². The van der Waals surface area contributed by atoms with Crippen LogP contribution in [0.1, 0.15) is 125 Å². The predicted octanol–water partition coefficient (Wildman–Crippen LogP) is 11.8. The number of aromatic hydroxyl groups is 1. The average molecular weight is 599 g/mol. The van der Waals surface area contributed by atoms with Crippen molar-refractivity contribution >= 4 is 17.1 Å². The molecule has 0 aliphatic rings. The van der Waals surface area contributed by atoms with Gasteiger partial charge in [0.15, 0.2) is 0 Å². The molecular weight excluding hydrogens is 536 g/mol. The molecule has 2 atom stereocenters. The molecule has 0 aliphatic carbocycles. The minimum absolute atomic E-state index is 0.148. The van der Waals surface area contributed by atoms with E-state index in [2.05, 4.69) is 161 Å². The summed E-state index contributed by atoms with van der Waals surface area (Å²) in [6.07, 6.45) is 3.46. The van der Waals surface area contributed by atoms with E-state index in [1.165, 1.54) is 23.2 Å². The molecule has 0 bridgehead atoms. The Morgan fingerprint density at radius 2 is 1.16 bits per heavy atom. The third-order valence-electron chi connectivity index (χ3n) is 8.47. The topological polar surface area (TPSA) is 35.5 Å². The molecule has 3 aromatic carbocycles. The van der Waals surface area contributed by atoms with E-state index >= 15 is 0 Å². The summed E-state index contributed by atoms with van der Waals surface area (Å²) in [4.78, 5) is 2.53. The van der Waals surface area contributed by atoms with Gasteiger partial charge in [-0.25, -0.2) is 0 Å². The highest BCUT2D eigenvalue weighted by atomic mass is 16.3. The third kappa shape index (κ3) is 10.3. The first-order valence-electron chi connectivity index (χ1n) is 16.8. The molecule has 0 aliphatic heterocycles. The zero-order valence-electron chi connectivity index (χ0n) is 30.2. The number of phenols is 1. The van der Waals surface area contributed by atoms with E-state index in [0.29, 0.717) is 29.0 Å². The molecule has 0 aromatic heterocycles. The van der Waals surface area contributed by atoms with Crippen LogP contribution < -0.4 is 10.2 Å². The molecule has 0 heterocycles. The Labute approximate surface area is 270 Å². The molecule has 0 spiro atoms. The fourth-order valence-corrected chi connectivity index (χ4v) is 6.58. The molecule has 2 unspecified atom stereocenters. The predicted molar refractivity (Wildman–Crippen MR) is 194 cm³/mol. The first kappa shape index (κ1) is 35.5. The standard InChI is InChI=1S/C41H62N2O/c1-28(2)22-30(4)43(27-32-24-36(40(8,9)10)38(44)37(25-32)41(11,12)13)35-20-18-34(19-21-35)42-33-16-14-31(15-17-33)23-29(3)26-39(5,6)7/h14-21,24-25,28-30,42,44H,22-23,26-27H2,1-13H3. The van der Waals surface area contributed by atoms with Gasteiger partial charge in [0, 0.05) is 29.6 Å². The van der Waals surface area contributed by atoms with Gasteiger partial charge in [-0.05, 0) is 125 Å². The van der Waals surface area contributed by atoms with Crippen molar-refractivity contribution in [3.05, 3.63) is 82.9 Å². The molecule has 0 fully saturated rings. The summed E-state index contributed by atoms with van der Waals surface area (Å²) in [5.74, 6) is 1.71. The van der Waals surface area contributed by atoms with Gasteiger partial charge >= 0.3 is 0 Å². The van der Waals surface area contributed by atoms with Gasteiger partial charge in [-0.1, -0.05) is 95.2 Å². The lowest BCUT2D eigenvalue weighted by atomic mass is 9.78. The molecule has 3 heteroatoms. The van der Waals surface area contributed by atoms with Crippen LogP contribution in [-0.4, -0.2) is 11.1 Å². The number of phenolic OH excluding ortho intramolecular Hbond substituents is 1. The number of nitrogens with zero attached hydrogens (tertiary/aromatic N) is 1. The maximum absolute atomic E-state index is 11.3. The Hall–Kier alpha value is -2.94. The lowest BCUT2D eigenvalue weighted by molar-refractivity contribution is 0.306. The molecule has 44 heavy (non-hydrogen) atoms. The highest BCUT2D eigenvalue weighted by Crippen LogP contribution is 2.40. The van der Waals surface area contributed by atoms with Gasteiger partial charge in [0.25, 0.3) is 0 Å². The Balaban J connectivity index is 1.85. The summed E-state index contributed by atoms with van der Waals surface area (Å²) in [6.45, 7) is 30.2. The largest absolute Gasteiger partial charge is 0.507 e. The Morgan fingerprint density at radius 3 is 1.59 bits per heavy atom. The fourth-order valence-electron chi connectivity index (χ4n) is 6.58. The second kappa shape index (κ2) is 14.0. The molecule has 0 saturated carbocycles. The smallest absolute Gasteiger partial charge is 0.123 e. The van der Waals surface area contributed by atoms with Crippen molar-refractivity contribution in [3.8, 4) is 5.75 Å². The molecule has 0 saturated heterocycles. The van der Waals surface area contributed by atoms with Gasteiger partial charge in [0.2, 0.25) is 0 Å². The maximum atomic E-state index is 11.3. The average Bonchev–Trinajstić information content (AvgIpc) is 2.87. The zero-order valence-corrected chi connectivity index (χ0v) is 30.2. The van der Waals surface area contributed by atoms with Crippen molar-refractivity contribution in [1.82, 2.24) is 0 Å². The zero-order chi connectivity index (χ0) is 33.0. The number of anilines is 3. The van der Waals surface area contributed by atoms with E-state index in [4.69, 9.17) is 0 Å². The van der Waals surface area contributed by atoms with Crippen LogP contribution in [0.15, 0.2) is 60.7 Å². The molecule has 242 valence electrons. The molecule has 3 aromatic rings. The lowest BCUT2D eigenvalue weighted by Gasteiger charge is -2.34. The Bertz CT molecular complexity index is 1300.